The number of nitrogens with one attached hydrogen (secondary N) is 3. The molecule has 0 saturated heterocycles. The minimum absolute atomic E-state index is 0.0393. The number of benzene rings is 1. The van der Waals surface area contributed by atoms with E-state index in [0.717, 1.165) is 0 Å². The monoisotopic (exact) mass is 449 g/mol. The maximum Gasteiger partial charge on any atom is 0.242 e. The third kappa shape index (κ3) is 5.94. The highest BCUT2D eigenvalue weighted by Crippen LogP contribution is 2.20. The molecule has 9 nitrogen and oxygen atoms in total. The zero-order chi connectivity index (χ0) is 23.3. The van der Waals surface area contributed by atoms with E-state index < -0.39 is 17.5 Å². The molecule has 1 aromatic carbocycles. The van der Waals surface area contributed by atoms with Crippen molar-refractivity contribution in [2.75, 3.05) is 17.2 Å². The summed E-state index contributed by atoms with van der Waals surface area (Å²) in [5, 5.41) is 21.4. The number of amides is 1. The summed E-state index contributed by atoms with van der Waals surface area (Å²) in [6.07, 6.45) is 4.56. The molecule has 4 N–H and O–H groups in total. The lowest BCUT2D eigenvalue weighted by atomic mass is 10.2. The Balaban J connectivity index is 1.65. The first-order valence-corrected chi connectivity index (χ1v) is 9.65. The van der Waals surface area contributed by atoms with Crippen LogP contribution in [0, 0.1) is 24.4 Å². The van der Waals surface area contributed by atoms with Gasteiger partial charge in [-0.2, -0.15) is 10.1 Å². The predicted molar refractivity (Wildman–Crippen MR) is 111 cm³/mol. The molecule has 0 spiro atoms. The Morgan fingerprint density at radius 1 is 1.22 bits per heavy atom. The molecular formula is C20H22F3N7O2. The average molecular weight is 449 g/mol. The molecule has 0 saturated carbocycles. The number of hydrogen-bond acceptors (Lipinski definition) is 7. The first-order valence-electron chi connectivity index (χ1n) is 9.65. The highest BCUT2D eigenvalue weighted by Gasteiger charge is 2.13. The van der Waals surface area contributed by atoms with E-state index in [1.54, 1.807) is 20.0 Å². The van der Waals surface area contributed by atoms with Crippen molar-refractivity contribution in [3.05, 3.63) is 59.3 Å². The van der Waals surface area contributed by atoms with Crippen LogP contribution in [0.2, 0.25) is 0 Å². The number of aliphatic hydroxyl groups is 1. The number of anilines is 3. The summed E-state index contributed by atoms with van der Waals surface area (Å²) in [6, 6.07) is 0.865. The maximum absolute atomic E-state index is 13.8. The number of hydrogen-bond donors (Lipinski definition) is 4. The Bertz CT molecular complexity index is 1080. The first kappa shape index (κ1) is 23.0. The number of aryl methyl sites for hydroxylation is 1. The van der Waals surface area contributed by atoms with Gasteiger partial charge in [0.1, 0.15) is 29.8 Å². The van der Waals surface area contributed by atoms with Gasteiger partial charge in [0.05, 0.1) is 18.5 Å². The SMILES string of the molecule is Cc1cnc(Nc2cnn(CC(=O)N[C@H](C)CO)c2)nc1NCc1c(F)cc(F)cc1F. The standard InChI is InChI=1S/C20H22F3N7O2/c1-11-5-25-20(28-14-6-26-30(8-14)9-18(32)27-12(2)10-31)29-19(11)24-7-15-16(22)3-13(21)4-17(15)23/h3-6,8,12,31H,7,9-10H2,1-2H3,(H,27,32)(H2,24,25,28,29)/t12-/m1/s1. The lowest BCUT2D eigenvalue weighted by Gasteiger charge is -2.11. The molecule has 12 heteroatoms. The van der Waals surface area contributed by atoms with Gasteiger partial charge in [-0.05, 0) is 13.8 Å². The maximum atomic E-state index is 13.8. The first-order chi connectivity index (χ1) is 15.2. The third-order valence-corrected chi connectivity index (χ3v) is 4.39. The second-order valence-corrected chi connectivity index (χ2v) is 7.13. The van der Waals surface area contributed by atoms with E-state index >= 15 is 0 Å². The summed E-state index contributed by atoms with van der Waals surface area (Å²) >= 11 is 0. The van der Waals surface area contributed by atoms with Crippen LogP contribution in [-0.4, -0.2) is 43.4 Å². The van der Waals surface area contributed by atoms with Gasteiger partial charge in [0.2, 0.25) is 11.9 Å². The van der Waals surface area contributed by atoms with Crippen LogP contribution in [-0.2, 0) is 17.9 Å². The van der Waals surface area contributed by atoms with Gasteiger partial charge in [-0.3, -0.25) is 9.48 Å². The molecule has 0 unspecified atom stereocenters. The predicted octanol–water partition coefficient (Wildman–Crippen LogP) is 2.25. The lowest BCUT2D eigenvalue weighted by Crippen LogP contribution is -2.37. The normalized spacial score (nSPS) is 11.8. The van der Waals surface area contributed by atoms with Crippen LogP contribution in [0.15, 0.2) is 30.7 Å². The van der Waals surface area contributed by atoms with Gasteiger partial charge in [-0.25, -0.2) is 18.2 Å². The quantitative estimate of drug-likeness (QED) is 0.396. The molecule has 2 aromatic heterocycles. The van der Waals surface area contributed by atoms with Gasteiger partial charge in [-0.15, -0.1) is 0 Å². The zero-order valence-electron chi connectivity index (χ0n) is 17.4. The van der Waals surface area contributed by atoms with Crippen molar-refractivity contribution in [2.24, 2.45) is 0 Å². The molecule has 1 amide bonds. The molecule has 3 aromatic rings. The molecule has 2 heterocycles. The van der Waals surface area contributed by atoms with E-state index in [1.165, 1.54) is 17.1 Å². The molecule has 0 bridgehead atoms. The summed E-state index contributed by atoms with van der Waals surface area (Å²) < 4.78 is 42.2. The second kappa shape index (κ2) is 10.1. The van der Waals surface area contributed by atoms with Gasteiger partial charge >= 0.3 is 0 Å². The number of carbonyl (C=O) groups is 1. The average Bonchev–Trinajstić information content (AvgIpc) is 3.15. The Kier molecular flexibility index (Phi) is 7.25. The van der Waals surface area contributed by atoms with Crippen LogP contribution < -0.4 is 16.0 Å². The number of nitrogens with zero attached hydrogens (tertiary/aromatic N) is 4. The van der Waals surface area contributed by atoms with Crippen LogP contribution in [0.3, 0.4) is 0 Å². The largest absolute Gasteiger partial charge is 0.394 e. The van der Waals surface area contributed by atoms with Crippen molar-refractivity contribution < 1.29 is 23.1 Å². The van der Waals surface area contributed by atoms with Crippen molar-refractivity contribution >= 4 is 23.4 Å². The molecule has 3 rings (SSSR count). The van der Waals surface area contributed by atoms with Crippen molar-refractivity contribution in [3.8, 4) is 0 Å². The summed E-state index contributed by atoms with van der Waals surface area (Å²) in [7, 11) is 0. The Morgan fingerprint density at radius 3 is 2.62 bits per heavy atom. The summed E-state index contributed by atoms with van der Waals surface area (Å²) in [6.45, 7) is 2.94. The van der Waals surface area contributed by atoms with Crippen LogP contribution in [0.1, 0.15) is 18.1 Å². The molecule has 0 aliphatic carbocycles. The Hall–Kier alpha value is -3.67. The van der Waals surface area contributed by atoms with E-state index in [-0.39, 0.29) is 43.2 Å². The molecule has 0 aliphatic rings. The van der Waals surface area contributed by atoms with Crippen LogP contribution in [0.25, 0.3) is 0 Å². The summed E-state index contributed by atoms with van der Waals surface area (Å²) in [5.41, 5.74) is 0.830. The lowest BCUT2D eigenvalue weighted by molar-refractivity contribution is -0.122. The van der Waals surface area contributed by atoms with Gasteiger partial charge < -0.3 is 21.1 Å². The van der Waals surface area contributed by atoms with Crippen molar-refractivity contribution in [1.29, 1.82) is 0 Å². The summed E-state index contributed by atoms with van der Waals surface area (Å²) in [5.74, 6) is -2.77. The smallest absolute Gasteiger partial charge is 0.242 e. The minimum Gasteiger partial charge on any atom is -0.394 e. The van der Waals surface area contributed by atoms with Crippen LogP contribution in [0.4, 0.5) is 30.6 Å². The topological polar surface area (TPSA) is 117 Å². The molecule has 0 aliphatic heterocycles. The summed E-state index contributed by atoms with van der Waals surface area (Å²) in [4.78, 5) is 20.3. The fraction of sp³-hybridized carbons (Fsp3) is 0.300. The number of carbonyl (C=O) groups excluding carboxylic acids is 1. The number of halogens is 3. The van der Waals surface area contributed by atoms with E-state index in [1.807, 2.05) is 0 Å². The molecule has 0 fully saturated rings. The number of aliphatic hydroxyl groups excluding tert-OH is 1. The fourth-order valence-electron chi connectivity index (χ4n) is 2.75. The van der Waals surface area contributed by atoms with Gasteiger partial charge in [0, 0.05) is 48.2 Å². The van der Waals surface area contributed by atoms with E-state index in [9.17, 15) is 18.0 Å². The molecule has 170 valence electrons. The van der Waals surface area contributed by atoms with E-state index in [0.29, 0.717) is 29.2 Å². The van der Waals surface area contributed by atoms with Crippen molar-refractivity contribution in [2.45, 2.75) is 33.0 Å². The highest BCUT2D eigenvalue weighted by atomic mass is 19.1. The minimum atomic E-state index is -0.995. The van der Waals surface area contributed by atoms with E-state index in [4.69, 9.17) is 5.11 Å². The molecule has 32 heavy (non-hydrogen) atoms. The Morgan fingerprint density at radius 2 is 1.94 bits per heavy atom. The van der Waals surface area contributed by atoms with Crippen LogP contribution in [0.5, 0.6) is 0 Å². The van der Waals surface area contributed by atoms with E-state index in [2.05, 4.69) is 31.0 Å². The fourth-order valence-corrected chi connectivity index (χ4v) is 2.75. The third-order valence-electron chi connectivity index (χ3n) is 4.39. The zero-order valence-corrected chi connectivity index (χ0v) is 17.4. The number of rotatable bonds is 9. The number of aromatic nitrogens is 4. The van der Waals surface area contributed by atoms with Crippen molar-refractivity contribution in [1.82, 2.24) is 25.1 Å². The second-order valence-electron chi connectivity index (χ2n) is 7.13. The van der Waals surface area contributed by atoms with Crippen LogP contribution >= 0.6 is 0 Å². The Labute approximate surface area is 181 Å². The van der Waals surface area contributed by atoms with Gasteiger partial charge in [0.15, 0.2) is 0 Å². The van der Waals surface area contributed by atoms with Gasteiger partial charge in [-0.1, -0.05) is 0 Å². The molecular weight excluding hydrogens is 427 g/mol. The van der Waals surface area contributed by atoms with Crippen molar-refractivity contribution in [3.63, 3.8) is 0 Å². The molecule has 0 radical (unpaired) electrons. The van der Waals surface area contributed by atoms with Gasteiger partial charge in [0.25, 0.3) is 0 Å². The molecule has 1 atom stereocenters. The highest BCUT2D eigenvalue weighted by molar-refractivity contribution is 5.76.